The Hall–Kier alpha value is -0.870. The van der Waals surface area contributed by atoms with Crippen LogP contribution in [0.3, 0.4) is 0 Å². The predicted octanol–water partition coefficient (Wildman–Crippen LogP) is 3.18. The number of thiophene rings is 1. The molecule has 0 aliphatic carbocycles. The summed E-state index contributed by atoms with van der Waals surface area (Å²) in [6.45, 7) is 3.93. The van der Waals surface area contributed by atoms with Gasteiger partial charge in [-0.1, -0.05) is 19.4 Å². The molecule has 0 saturated carbocycles. The lowest BCUT2D eigenvalue weighted by Crippen LogP contribution is -2.49. The molecule has 1 aromatic rings. The van der Waals surface area contributed by atoms with Crippen molar-refractivity contribution in [2.75, 3.05) is 27.2 Å². The monoisotopic (exact) mass is 294 g/mol. The lowest BCUT2D eigenvalue weighted by atomic mass is 9.89. The second-order valence-corrected chi connectivity index (χ2v) is 6.86. The van der Waals surface area contributed by atoms with Crippen LogP contribution in [0.1, 0.15) is 43.4 Å². The van der Waals surface area contributed by atoms with Gasteiger partial charge in [-0.3, -0.25) is 4.79 Å². The minimum Gasteiger partial charge on any atom is -0.342 e. The Labute approximate surface area is 126 Å². The molecule has 0 radical (unpaired) electrons. The molecule has 0 bridgehead atoms. The number of nitrogens with zero attached hydrogens (tertiary/aromatic N) is 2. The first kappa shape index (κ1) is 15.5. The van der Waals surface area contributed by atoms with E-state index in [1.165, 1.54) is 4.88 Å². The van der Waals surface area contributed by atoms with Crippen molar-refractivity contribution in [3.05, 3.63) is 22.4 Å². The van der Waals surface area contributed by atoms with Gasteiger partial charge in [-0.2, -0.15) is 0 Å². The Morgan fingerprint density at radius 2 is 2.30 bits per heavy atom. The third-order valence-electron chi connectivity index (χ3n) is 4.25. The van der Waals surface area contributed by atoms with Crippen molar-refractivity contribution in [3.63, 3.8) is 0 Å². The number of unbranched alkanes of at least 4 members (excludes halogenated alkanes) is 1. The van der Waals surface area contributed by atoms with Crippen molar-refractivity contribution in [1.29, 1.82) is 0 Å². The summed E-state index contributed by atoms with van der Waals surface area (Å²) >= 11 is 1.82. The standard InChI is InChI=1S/C16H26N2OS/c1-4-5-8-16(19)18-10-9-14(17(2)3)13(12-18)15-7-6-11-20-15/h6-7,11,13-14H,4-5,8-10,12H2,1-3H3/t13-,14-/m1/s1. The number of likely N-dealkylation sites (tertiary alicyclic amines) is 1. The molecule has 1 aromatic heterocycles. The van der Waals surface area contributed by atoms with Crippen molar-refractivity contribution >= 4 is 17.2 Å². The number of carbonyl (C=O) groups excluding carboxylic acids is 1. The zero-order valence-corrected chi connectivity index (χ0v) is 13.7. The molecule has 0 N–H and O–H groups in total. The van der Waals surface area contributed by atoms with Crippen LogP contribution in [-0.4, -0.2) is 48.9 Å². The van der Waals surface area contributed by atoms with Crippen molar-refractivity contribution in [1.82, 2.24) is 9.80 Å². The van der Waals surface area contributed by atoms with Gasteiger partial charge in [0.05, 0.1) is 0 Å². The highest BCUT2D eigenvalue weighted by Gasteiger charge is 2.33. The zero-order chi connectivity index (χ0) is 14.5. The fourth-order valence-corrected chi connectivity index (χ4v) is 3.93. The number of rotatable bonds is 5. The molecule has 20 heavy (non-hydrogen) atoms. The van der Waals surface area contributed by atoms with Gasteiger partial charge in [-0.05, 0) is 38.4 Å². The quantitative estimate of drug-likeness (QED) is 0.832. The van der Waals surface area contributed by atoms with Gasteiger partial charge in [-0.25, -0.2) is 0 Å². The Morgan fingerprint density at radius 3 is 2.90 bits per heavy atom. The van der Waals surface area contributed by atoms with E-state index >= 15 is 0 Å². The number of likely N-dealkylation sites (N-methyl/N-ethyl adjacent to an activating group) is 1. The maximum Gasteiger partial charge on any atom is 0.222 e. The smallest absolute Gasteiger partial charge is 0.222 e. The van der Waals surface area contributed by atoms with Gasteiger partial charge in [0.2, 0.25) is 5.91 Å². The van der Waals surface area contributed by atoms with E-state index in [9.17, 15) is 4.79 Å². The molecule has 0 aromatic carbocycles. The number of hydrogen-bond donors (Lipinski definition) is 0. The van der Waals surface area contributed by atoms with Crippen LogP contribution in [0.4, 0.5) is 0 Å². The summed E-state index contributed by atoms with van der Waals surface area (Å²) in [5.74, 6) is 0.801. The maximum absolute atomic E-state index is 12.3. The number of carbonyl (C=O) groups is 1. The highest BCUT2D eigenvalue weighted by atomic mass is 32.1. The van der Waals surface area contributed by atoms with Gasteiger partial charge >= 0.3 is 0 Å². The first-order valence-corrected chi connectivity index (χ1v) is 8.49. The van der Waals surface area contributed by atoms with Gasteiger partial charge in [0.15, 0.2) is 0 Å². The van der Waals surface area contributed by atoms with Crippen molar-refractivity contribution in [2.24, 2.45) is 0 Å². The summed E-state index contributed by atoms with van der Waals surface area (Å²) in [4.78, 5) is 18.1. The molecule has 2 heterocycles. The summed E-state index contributed by atoms with van der Waals surface area (Å²) in [6.07, 6.45) is 3.89. The largest absolute Gasteiger partial charge is 0.342 e. The van der Waals surface area contributed by atoms with E-state index in [0.29, 0.717) is 24.3 Å². The highest BCUT2D eigenvalue weighted by Crippen LogP contribution is 2.32. The molecular formula is C16H26N2OS. The number of piperidine rings is 1. The number of hydrogen-bond acceptors (Lipinski definition) is 3. The van der Waals surface area contributed by atoms with E-state index in [0.717, 1.165) is 32.4 Å². The van der Waals surface area contributed by atoms with Crippen LogP contribution in [-0.2, 0) is 4.79 Å². The van der Waals surface area contributed by atoms with Gasteiger partial charge < -0.3 is 9.80 Å². The third-order valence-corrected chi connectivity index (χ3v) is 5.25. The molecule has 0 spiro atoms. The third kappa shape index (κ3) is 3.61. The minimum atomic E-state index is 0.339. The first-order valence-electron chi connectivity index (χ1n) is 7.61. The summed E-state index contributed by atoms with van der Waals surface area (Å²) in [7, 11) is 4.31. The van der Waals surface area contributed by atoms with E-state index < -0.39 is 0 Å². The normalized spacial score (nSPS) is 23.3. The predicted molar refractivity (Wildman–Crippen MR) is 85.3 cm³/mol. The molecule has 1 aliphatic heterocycles. The zero-order valence-electron chi connectivity index (χ0n) is 12.8. The Morgan fingerprint density at radius 1 is 1.50 bits per heavy atom. The van der Waals surface area contributed by atoms with Crippen molar-refractivity contribution in [3.8, 4) is 0 Å². The van der Waals surface area contributed by atoms with Crippen LogP contribution in [0.5, 0.6) is 0 Å². The second kappa shape index (κ2) is 7.23. The van der Waals surface area contributed by atoms with Crippen LogP contribution in [0.25, 0.3) is 0 Å². The van der Waals surface area contributed by atoms with E-state index in [4.69, 9.17) is 0 Å². The van der Waals surface area contributed by atoms with Crippen LogP contribution < -0.4 is 0 Å². The Bertz CT molecular complexity index is 416. The van der Waals surface area contributed by atoms with Crippen molar-refractivity contribution in [2.45, 2.75) is 44.6 Å². The molecule has 2 rings (SSSR count). The molecule has 112 valence electrons. The molecule has 1 amide bonds. The molecule has 0 unspecified atom stereocenters. The van der Waals surface area contributed by atoms with Gasteiger partial charge in [0, 0.05) is 36.3 Å². The van der Waals surface area contributed by atoms with E-state index in [2.05, 4.69) is 48.3 Å². The summed E-state index contributed by atoms with van der Waals surface area (Å²) in [6, 6.07) is 4.88. The maximum atomic E-state index is 12.3. The van der Waals surface area contributed by atoms with Crippen molar-refractivity contribution < 1.29 is 4.79 Å². The molecule has 1 aliphatic rings. The van der Waals surface area contributed by atoms with Crippen LogP contribution >= 0.6 is 11.3 Å². The fourth-order valence-electron chi connectivity index (χ4n) is 3.05. The highest BCUT2D eigenvalue weighted by molar-refractivity contribution is 7.10. The second-order valence-electron chi connectivity index (χ2n) is 5.88. The summed E-state index contributed by atoms with van der Waals surface area (Å²) in [5.41, 5.74) is 0. The number of amides is 1. The van der Waals surface area contributed by atoms with E-state index in [1.807, 2.05) is 11.3 Å². The fraction of sp³-hybridized carbons (Fsp3) is 0.688. The molecule has 1 saturated heterocycles. The lowest BCUT2D eigenvalue weighted by Gasteiger charge is -2.41. The van der Waals surface area contributed by atoms with Gasteiger partial charge in [-0.15, -0.1) is 11.3 Å². The van der Waals surface area contributed by atoms with Crippen LogP contribution in [0.2, 0.25) is 0 Å². The van der Waals surface area contributed by atoms with E-state index in [1.54, 1.807) is 0 Å². The molecule has 4 heteroatoms. The average Bonchev–Trinajstić information content (AvgIpc) is 2.98. The van der Waals surface area contributed by atoms with Gasteiger partial charge in [0.1, 0.15) is 0 Å². The van der Waals surface area contributed by atoms with Crippen LogP contribution in [0.15, 0.2) is 17.5 Å². The van der Waals surface area contributed by atoms with E-state index in [-0.39, 0.29) is 0 Å². The SMILES string of the molecule is CCCCC(=O)N1CC[C@@H](N(C)C)[C@H](c2cccs2)C1. The summed E-state index contributed by atoms with van der Waals surface area (Å²) in [5, 5.41) is 2.14. The Kier molecular flexibility index (Phi) is 5.61. The molecular weight excluding hydrogens is 268 g/mol. The molecule has 2 atom stereocenters. The Balaban J connectivity index is 2.06. The summed E-state index contributed by atoms with van der Waals surface area (Å²) < 4.78 is 0. The topological polar surface area (TPSA) is 23.6 Å². The van der Waals surface area contributed by atoms with Crippen LogP contribution in [0, 0.1) is 0 Å². The molecule has 1 fully saturated rings. The lowest BCUT2D eigenvalue weighted by molar-refractivity contribution is -0.133. The molecule has 3 nitrogen and oxygen atoms in total. The average molecular weight is 294 g/mol. The minimum absolute atomic E-state index is 0.339. The van der Waals surface area contributed by atoms with Gasteiger partial charge in [0.25, 0.3) is 0 Å². The first-order chi connectivity index (χ1) is 9.63.